The van der Waals surface area contributed by atoms with Crippen LogP contribution in [0.1, 0.15) is 24.2 Å². The van der Waals surface area contributed by atoms with Crippen molar-refractivity contribution in [1.82, 2.24) is 5.32 Å². The maximum Gasteiger partial charge on any atom is 0.253 e. The first-order valence-corrected chi connectivity index (χ1v) is 5.83. The van der Waals surface area contributed by atoms with Gasteiger partial charge in [0.15, 0.2) is 5.84 Å². The second kappa shape index (κ2) is 5.34. The van der Waals surface area contributed by atoms with E-state index in [-0.39, 0.29) is 11.4 Å². The van der Waals surface area contributed by atoms with Gasteiger partial charge >= 0.3 is 0 Å². The van der Waals surface area contributed by atoms with Crippen LogP contribution in [0.25, 0.3) is 0 Å². The number of hydrogen-bond acceptors (Lipinski definition) is 3. The lowest BCUT2D eigenvalue weighted by atomic mass is 10.0. The van der Waals surface area contributed by atoms with Gasteiger partial charge in [0.2, 0.25) is 0 Å². The van der Waals surface area contributed by atoms with Crippen molar-refractivity contribution < 1.29 is 14.4 Å². The van der Waals surface area contributed by atoms with E-state index in [9.17, 15) is 9.18 Å². The number of nitrogens with one attached hydrogen (secondary N) is 1. The maximum absolute atomic E-state index is 12.9. The minimum atomic E-state index is -1.01. The summed E-state index contributed by atoms with van der Waals surface area (Å²) >= 11 is 3.10. The lowest BCUT2D eigenvalue weighted by Crippen LogP contribution is -2.53. The van der Waals surface area contributed by atoms with Gasteiger partial charge in [-0.25, -0.2) is 4.39 Å². The average molecular weight is 318 g/mol. The monoisotopic (exact) mass is 317 g/mol. The molecule has 0 aliphatic heterocycles. The first-order valence-electron chi connectivity index (χ1n) is 5.03. The zero-order chi connectivity index (χ0) is 13.9. The smallest absolute Gasteiger partial charge is 0.253 e. The van der Waals surface area contributed by atoms with Gasteiger partial charge < -0.3 is 16.3 Å². The van der Waals surface area contributed by atoms with Gasteiger partial charge in [-0.05, 0) is 48.0 Å². The van der Waals surface area contributed by atoms with Gasteiger partial charge in [-0.1, -0.05) is 5.16 Å². The molecule has 7 heteroatoms. The molecular weight excluding hydrogens is 305 g/mol. The van der Waals surface area contributed by atoms with Crippen LogP contribution in [0.5, 0.6) is 0 Å². The Kier molecular flexibility index (Phi) is 4.28. The molecule has 0 saturated heterocycles. The summed E-state index contributed by atoms with van der Waals surface area (Å²) in [4.78, 5) is 12.0. The topological polar surface area (TPSA) is 87.7 Å². The van der Waals surface area contributed by atoms with Crippen molar-refractivity contribution in [1.29, 1.82) is 0 Å². The molecule has 5 nitrogen and oxygen atoms in total. The highest BCUT2D eigenvalue weighted by Crippen LogP contribution is 2.18. The zero-order valence-corrected chi connectivity index (χ0v) is 11.5. The van der Waals surface area contributed by atoms with E-state index in [4.69, 9.17) is 10.9 Å². The molecule has 0 radical (unpaired) electrons. The number of nitrogens with two attached hydrogens (primary N) is 1. The van der Waals surface area contributed by atoms with E-state index in [0.717, 1.165) is 0 Å². The third-order valence-electron chi connectivity index (χ3n) is 2.35. The minimum Gasteiger partial charge on any atom is -0.409 e. The predicted molar refractivity (Wildman–Crippen MR) is 69.1 cm³/mol. The molecule has 1 aromatic carbocycles. The number of nitrogens with zero attached hydrogens (tertiary/aromatic N) is 1. The molecule has 1 rings (SSSR count). The number of oxime groups is 1. The van der Waals surface area contributed by atoms with E-state index in [1.54, 1.807) is 13.8 Å². The summed E-state index contributed by atoms with van der Waals surface area (Å²) in [5, 5.41) is 14.0. The van der Waals surface area contributed by atoms with Crippen LogP contribution in [-0.4, -0.2) is 22.5 Å². The molecule has 1 amide bonds. The Bertz CT molecular complexity index is 503. The van der Waals surface area contributed by atoms with Gasteiger partial charge in [0.1, 0.15) is 5.82 Å². The molecule has 0 saturated carbocycles. The fourth-order valence-electron chi connectivity index (χ4n) is 1.21. The largest absolute Gasteiger partial charge is 0.409 e. The molecule has 0 aliphatic rings. The summed E-state index contributed by atoms with van der Waals surface area (Å²) in [6.45, 7) is 3.16. The van der Waals surface area contributed by atoms with E-state index < -0.39 is 17.3 Å². The van der Waals surface area contributed by atoms with Crippen LogP contribution in [0.2, 0.25) is 0 Å². The Morgan fingerprint density at radius 1 is 1.56 bits per heavy atom. The molecular formula is C11H13BrFN3O2. The summed E-state index contributed by atoms with van der Waals surface area (Å²) in [6, 6.07) is 3.71. The second-order valence-electron chi connectivity index (χ2n) is 4.19. The normalized spacial score (nSPS) is 12.3. The van der Waals surface area contributed by atoms with Crippen LogP contribution in [-0.2, 0) is 0 Å². The fraction of sp³-hybridized carbons (Fsp3) is 0.273. The number of amides is 1. The number of carbonyl (C=O) groups is 1. The number of amidine groups is 1. The quantitative estimate of drug-likeness (QED) is 0.344. The SMILES string of the molecule is CC(C)(NC(=O)c1ccc(F)cc1Br)/C(N)=N/O. The molecule has 0 heterocycles. The van der Waals surface area contributed by atoms with Crippen molar-refractivity contribution in [3.05, 3.63) is 34.1 Å². The van der Waals surface area contributed by atoms with Crippen molar-refractivity contribution >= 4 is 27.7 Å². The van der Waals surface area contributed by atoms with Crippen LogP contribution >= 0.6 is 15.9 Å². The zero-order valence-electron chi connectivity index (χ0n) is 9.87. The molecule has 18 heavy (non-hydrogen) atoms. The van der Waals surface area contributed by atoms with Gasteiger partial charge in [0.05, 0.1) is 11.1 Å². The van der Waals surface area contributed by atoms with Crippen molar-refractivity contribution in [3.8, 4) is 0 Å². The van der Waals surface area contributed by atoms with Crippen molar-refractivity contribution in [2.45, 2.75) is 19.4 Å². The number of hydrogen-bond donors (Lipinski definition) is 3. The Hall–Kier alpha value is -1.63. The number of halogens is 2. The Balaban J connectivity index is 2.96. The summed E-state index contributed by atoms with van der Waals surface area (Å²) in [6.07, 6.45) is 0. The van der Waals surface area contributed by atoms with Gasteiger partial charge in [-0.15, -0.1) is 0 Å². The third-order valence-corrected chi connectivity index (χ3v) is 3.01. The van der Waals surface area contributed by atoms with Crippen LogP contribution in [0.15, 0.2) is 27.8 Å². The molecule has 4 N–H and O–H groups in total. The lowest BCUT2D eigenvalue weighted by Gasteiger charge is -2.24. The molecule has 0 aromatic heterocycles. The highest BCUT2D eigenvalue weighted by Gasteiger charge is 2.26. The molecule has 0 unspecified atom stereocenters. The molecule has 0 spiro atoms. The van der Waals surface area contributed by atoms with Gasteiger partial charge in [0.25, 0.3) is 5.91 Å². The van der Waals surface area contributed by atoms with E-state index in [1.165, 1.54) is 18.2 Å². The molecule has 98 valence electrons. The van der Waals surface area contributed by atoms with Gasteiger partial charge in [-0.2, -0.15) is 0 Å². The third kappa shape index (κ3) is 3.19. The van der Waals surface area contributed by atoms with E-state index in [2.05, 4.69) is 26.4 Å². The highest BCUT2D eigenvalue weighted by molar-refractivity contribution is 9.10. The first-order chi connectivity index (χ1) is 8.27. The first kappa shape index (κ1) is 14.4. The molecule has 0 atom stereocenters. The van der Waals surface area contributed by atoms with E-state index in [1.807, 2.05) is 0 Å². The van der Waals surface area contributed by atoms with Crippen molar-refractivity contribution in [2.75, 3.05) is 0 Å². The van der Waals surface area contributed by atoms with Crippen LogP contribution in [0, 0.1) is 5.82 Å². The number of benzene rings is 1. The summed E-state index contributed by atoms with van der Waals surface area (Å²) < 4.78 is 13.2. The molecule has 0 bridgehead atoms. The van der Waals surface area contributed by atoms with Crippen LogP contribution in [0.4, 0.5) is 4.39 Å². The van der Waals surface area contributed by atoms with Gasteiger partial charge in [-0.3, -0.25) is 4.79 Å². The molecule has 0 fully saturated rings. The Labute approximate surface area is 112 Å². The lowest BCUT2D eigenvalue weighted by molar-refractivity contribution is 0.0930. The number of rotatable bonds is 3. The van der Waals surface area contributed by atoms with Crippen molar-refractivity contribution in [3.63, 3.8) is 0 Å². The highest BCUT2D eigenvalue weighted by atomic mass is 79.9. The molecule has 0 aliphatic carbocycles. The Morgan fingerprint density at radius 2 is 2.17 bits per heavy atom. The number of carbonyl (C=O) groups excluding carboxylic acids is 1. The van der Waals surface area contributed by atoms with Crippen molar-refractivity contribution in [2.24, 2.45) is 10.9 Å². The summed E-state index contributed by atoms with van der Waals surface area (Å²) in [7, 11) is 0. The standard InChI is InChI=1S/C11H13BrFN3O2/c1-11(2,10(14)16-18)15-9(17)7-4-3-6(13)5-8(7)12/h3-5,18H,1-2H3,(H2,14,16)(H,15,17). The van der Waals surface area contributed by atoms with E-state index in [0.29, 0.717) is 4.47 Å². The van der Waals surface area contributed by atoms with Crippen LogP contribution < -0.4 is 11.1 Å². The maximum atomic E-state index is 12.9. The fourth-order valence-corrected chi connectivity index (χ4v) is 1.74. The summed E-state index contributed by atoms with van der Waals surface area (Å²) in [5.41, 5.74) is 4.70. The Morgan fingerprint density at radius 3 is 2.67 bits per heavy atom. The van der Waals surface area contributed by atoms with Crippen LogP contribution in [0.3, 0.4) is 0 Å². The molecule has 1 aromatic rings. The predicted octanol–water partition coefficient (Wildman–Crippen LogP) is 1.84. The minimum absolute atomic E-state index is 0.130. The average Bonchev–Trinajstić information content (AvgIpc) is 2.26. The summed E-state index contributed by atoms with van der Waals surface area (Å²) in [5.74, 6) is -1.04. The van der Waals surface area contributed by atoms with E-state index >= 15 is 0 Å². The second-order valence-corrected chi connectivity index (χ2v) is 5.04. The van der Waals surface area contributed by atoms with Gasteiger partial charge in [0, 0.05) is 4.47 Å².